The molecule has 2 aromatic rings. The maximum absolute atomic E-state index is 4.50. The third-order valence-electron chi connectivity index (χ3n) is 5.50. The first-order chi connectivity index (χ1) is 11.8. The molecular formula is C18H26N6. The van der Waals surface area contributed by atoms with E-state index in [0.717, 1.165) is 55.3 Å². The van der Waals surface area contributed by atoms with E-state index in [4.69, 9.17) is 0 Å². The number of likely N-dealkylation sites (tertiary alicyclic amines) is 1. The first kappa shape index (κ1) is 15.4. The average Bonchev–Trinajstić information content (AvgIpc) is 3.23. The molecule has 0 amide bonds. The molecule has 2 fully saturated rings. The molecule has 3 heterocycles. The number of hydrogen-bond donors (Lipinski definition) is 1. The summed E-state index contributed by atoms with van der Waals surface area (Å²) in [6.45, 7) is 3.16. The molecule has 24 heavy (non-hydrogen) atoms. The predicted octanol–water partition coefficient (Wildman–Crippen LogP) is 1.97. The van der Waals surface area contributed by atoms with E-state index in [1.54, 1.807) is 0 Å². The van der Waals surface area contributed by atoms with E-state index in [0.29, 0.717) is 0 Å². The molecule has 1 saturated heterocycles. The fraction of sp³-hybridized carbons (Fsp3) is 0.611. The Hall–Kier alpha value is -2.11. The average molecular weight is 326 g/mol. The normalized spacial score (nSPS) is 24.4. The maximum Gasteiger partial charge on any atom is 0.193 e. The number of guanidine groups is 1. The zero-order chi connectivity index (χ0) is 16.4. The number of rotatable bonds is 3. The van der Waals surface area contributed by atoms with Gasteiger partial charge in [0.25, 0.3) is 0 Å². The fourth-order valence-electron chi connectivity index (χ4n) is 4.26. The monoisotopic (exact) mass is 326 g/mol. The maximum atomic E-state index is 4.50. The van der Waals surface area contributed by atoms with Crippen LogP contribution in [0.5, 0.6) is 0 Å². The van der Waals surface area contributed by atoms with Crippen LogP contribution in [0.2, 0.25) is 0 Å². The number of nitrogens with one attached hydrogen (secondary N) is 1. The zero-order valence-electron chi connectivity index (χ0n) is 14.4. The van der Waals surface area contributed by atoms with E-state index in [1.807, 2.05) is 31.4 Å². The Bertz CT molecular complexity index is 707. The van der Waals surface area contributed by atoms with Gasteiger partial charge < -0.3 is 10.2 Å². The van der Waals surface area contributed by atoms with Crippen LogP contribution in [0.1, 0.15) is 31.5 Å². The van der Waals surface area contributed by atoms with Gasteiger partial charge in [0, 0.05) is 39.3 Å². The first-order valence-corrected chi connectivity index (χ1v) is 9.09. The van der Waals surface area contributed by atoms with E-state index in [-0.39, 0.29) is 0 Å². The topological polar surface area (TPSA) is 57.8 Å². The van der Waals surface area contributed by atoms with Crippen LogP contribution in [0.25, 0.3) is 5.65 Å². The van der Waals surface area contributed by atoms with Gasteiger partial charge in [-0.15, -0.1) is 10.2 Å². The zero-order valence-corrected chi connectivity index (χ0v) is 14.4. The lowest BCUT2D eigenvalue weighted by molar-refractivity contribution is 0.299. The van der Waals surface area contributed by atoms with Crippen molar-refractivity contribution >= 4 is 11.6 Å². The fourth-order valence-corrected chi connectivity index (χ4v) is 4.26. The van der Waals surface area contributed by atoms with Crippen molar-refractivity contribution in [2.24, 2.45) is 16.8 Å². The quantitative estimate of drug-likeness (QED) is 0.692. The highest BCUT2D eigenvalue weighted by molar-refractivity contribution is 5.80. The van der Waals surface area contributed by atoms with Crippen molar-refractivity contribution in [2.45, 2.75) is 32.1 Å². The third-order valence-corrected chi connectivity index (χ3v) is 5.50. The smallest absolute Gasteiger partial charge is 0.193 e. The van der Waals surface area contributed by atoms with Gasteiger partial charge in [0.1, 0.15) is 5.82 Å². The molecule has 6 heteroatoms. The highest BCUT2D eigenvalue weighted by atomic mass is 15.3. The molecule has 0 radical (unpaired) electrons. The summed E-state index contributed by atoms with van der Waals surface area (Å²) in [5.74, 6) is 3.78. The van der Waals surface area contributed by atoms with Crippen molar-refractivity contribution < 1.29 is 0 Å². The summed E-state index contributed by atoms with van der Waals surface area (Å²) in [4.78, 5) is 6.94. The third kappa shape index (κ3) is 2.97. The lowest BCUT2D eigenvalue weighted by Gasteiger charge is -2.22. The second kappa shape index (κ2) is 6.79. The summed E-state index contributed by atoms with van der Waals surface area (Å²) in [5.41, 5.74) is 0.903. The minimum atomic E-state index is 0.828. The molecule has 128 valence electrons. The Morgan fingerprint density at radius 2 is 2.00 bits per heavy atom. The summed E-state index contributed by atoms with van der Waals surface area (Å²) in [7, 11) is 1.89. The van der Waals surface area contributed by atoms with E-state index in [1.165, 1.54) is 25.7 Å². The first-order valence-electron chi connectivity index (χ1n) is 9.09. The van der Waals surface area contributed by atoms with Gasteiger partial charge in [-0.05, 0) is 36.8 Å². The van der Waals surface area contributed by atoms with Crippen LogP contribution in [0, 0.1) is 11.8 Å². The highest BCUT2D eigenvalue weighted by Gasteiger charge is 2.35. The van der Waals surface area contributed by atoms with E-state index in [9.17, 15) is 0 Å². The van der Waals surface area contributed by atoms with Gasteiger partial charge in [0.2, 0.25) is 0 Å². The molecule has 2 aliphatic rings. The highest BCUT2D eigenvalue weighted by Crippen LogP contribution is 2.35. The van der Waals surface area contributed by atoms with Crippen LogP contribution in [0.3, 0.4) is 0 Å². The summed E-state index contributed by atoms with van der Waals surface area (Å²) in [6, 6.07) is 5.98. The van der Waals surface area contributed by atoms with Gasteiger partial charge in [-0.2, -0.15) is 0 Å². The van der Waals surface area contributed by atoms with E-state index >= 15 is 0 Å². The Morgan fingerprint density at radius 1 is 1.21 bits per heavy atom. The molecule has 4 rings (SSSR count). The van der Waals surface area contributed by atoms with Crippen molar-refractivity contribution in [3.05, 3.63) is 30.2 Å². The molecule has 6 nitrogen and oxygen atoms in total. The molecule has 2 aromatic heterocycles. The van der Waals surface area contributed by atoms with Crippen molar-refractivity contribution in [3.63, 3.8) is 0 Å². The molecular weight excluding hydrogens is 300 g/mol. The Labute approximate surface area is 143 Å². The van der Waals surface area contributed by atoms with Gasteiger partial charge in [-0.1, -0.05) is 18.9 Å². The minimum Gasteiger partial charge on any atom is -0.356 e. The lowest BCUT2D eigenvalue weighted by atomic mass is 9.82. The standard InChI is InChI=1S/C18H26N6/c1-19-18(23-12-14-6-2-3-7-15(14)13-23)20-10-9-17-22-21-16-8-4-5-11-24(16)17/h4-5,8,11,14-15H,2-3,6-7,9-10,12-13H2,1H3,(H,19,20). The van der Waals surface area contributed by atoms with Crippen molar-refractivity contribution in [1.29, 1.82) is 0 Å². The van der Waals surface area contributed by atoms with Crippen molar-refractivity contribution in [1.82, 2.24) is 24.8 Å². The van der Waals surface area contributed by atoms with Crippen LogP contribution in [-0.4, -0.2) is 52.1 Å². The second-order valence-corrected chi connectivity index (χ2v) is 6.98. The SMILES string of the molecule is CN=C(NCCc1nnc2ccccn12)N1CC2CCCCC2C1. The van der Waals surface area contributed by atoms with E-state index in [2.05, 4.69) is 29.8 Å². The molecule has 0 spiro atoms. The number of pyridine rings is 1. The van der Waals surface area contributed by atoms with Gasteiger partial charge >= 0.3 is 0 Å². The number of aliphatic imine (C=N–C) groups is 1. The number of hydrogen-bond acceptors (Lipinski definition) is 3. The molecule has 0 bridgehead atoms. The predicted molar refractivity (Wildman–Crippen MR) is 95.1 cm³/mol. The van der Waals surface area contributed by atoms with E-state index < -0.39 is 0 Å². The Morgan fingerprint density at radius 3 is 2.75 bits per heavy atom. The van der Waals surface area contributed by atoms with Crippen LogP contribution < -0.4 is 5.32 Å². The van der Waals surface area contributed by atoms with Crippen LogP contribution in [0.15, 0.2) is 29.4 Å². The Balaban J connectivity index is 1.34. The summed E-state index contributed by atoms with van der Waals surface area (Å²) in [6.07, 6.45) is 8.45. The van der Waals surface area contributed by atoms with Gasteiger partial charge in [-0.25, -0.2) is 0 Å². The largest absolute Gasteiger partial charge is 0.356 e. The molecule has 1 N–H and O–H groups in total. The van der Waals surface area contributed by atoms with Crippen LogP contribution in [-0.2, 0) is 6.42 Å². The van der Waals surface area contributed by atoms with Gasteiger partial charge in [-0.3, -0.25) is 9.39 Å². The van der Waals surface area contributed by atoms with Crippen molar-refractivity contribution in [3.8, 4) is 0 Å². The minimum absolute atomic E-state index is 0.828. The molecule has 0 aromatic carbocycles. The number of nitrogens with zero attached hydrogens (tertiary/aromatic N) is 5. The second-order valence-electron chi connectivity index (χ2n) is 6.98. The number of aromatic nitrogens is 3. The molecule has 1 aliphatic heterocycles. The summed E-state index contributed by atoms with van der Waals surface area (Å²) < 4.78 is 2.05. The lowest BCUT2D eigenvalue weighted by Crippen LogP contribution is -2.41. The molecule has 1 aliphatic carbocycles. The molecule has 2 atom stereocenters. The van der Waals surface area contributed by atoms with Crippen LogP contribution in [0.4, 0.5) is 0 Å². The summed E-state index contributed by atoms with van der Waals surface area (Å²) in [5, 5.41) is 12.0. The van der Waals surface area contributed by atoms with Crippen molar-refractivity contribution in [2.75, 3.05) is 26.7 Å². The molecule has 1 saturated carbocycles. The van der Waals surface area contributed by atoms with Gasteiger partial charge in [0.05, 0.1) is 0 Å². The van der Waals surface area contributed by atoms with Gasteiger partial charge in [0.15, 0.2) is 11.6 Å². The number of fused-ring (bicyclic) bond motifs is 2. The molecule has 2 unspecified atom stereocenters. The Kier molecular flexibility index (Phi) is 4.36. The van der Waals surface area contributed by atoms with Crippen LogP contribution >= 0.6 is 0 Å². The summed E-state index contributed by atoms with van der Waals surface area (Å²) >= 11 is 0.